The largest absolute Gasteiger partial charge is 0.469 e. The van der Waals surface area contributed by atoms with Crippen LogP contribution in [0.3, 0.4) is 0 Å². The van der Waals surface area contributed by atoms with E-state index in [-0.39, 0.29) is 0 Å². The van der Waals surface area contributed by atoms with Gasteiger partial charge in [0.2, 0.25) is 0 Å². The van der Waals surface area contributed by atoms with Crippen LogP contribution in [0.1, 0.15) is 51.7 Å². The lowest BCUT2D eigenvalue weighted by Gasteiger charge is -2.30. The van der Waals surface area contributed by atoms with Gasteiger partial charge in [-0.05, 0) is 37.8 Å². The summed E-state index contributed by atoms with van der Waals surface area (Å²) in [5.74, 6) is 2.61. The molecule has 0 spiro atoms. The Morgan fingerprint density at radius 3 is 3.00 bits per heavy atom. The summed E-state index contributed by atoms with van der Waals surface area (Å²) in [4.78, 5) is 4.63. The number of nitrogens with one attached hydrogen (secondary N) is 2. The van der Waals surface area contributed by atoms with E-state index in [1.807, 2.05) is 19.1 Å². The maximum atomic E-state index is 12.1. The van der Waals surface area contributed by atoms with Gasteiger partial charge in [0.15, 0.2) is 5.96 Å². The van der Waals surface area contributed by atoms with Gasteiger partial charge in [0.25, 0.3) is 0 Å². The SMILES string of the molecule is CCCN=C(NCCc1ccco1)NC1CCCC(S(=O)CC)C1. The van der Waals surface area contributed by atoms with E-state index >= 15 is 0 Å². The predicted octanol–water partition coefficient (Wildman–Crippen LogP) is 2.85. The molecule has 0 saturated heterocycles. The molecule has 1 aromatic rings. The lowest BCUT2D eigenvalue weighted by atomic mass is 9.95. The molecule has 5 nitrogen and oxygen atoms in total. The fourth-order valence-corrected chi connectivity index (χ4v) is 4.43. The molecule has 2 N–H and O–H groups in total. The molecule has 1 aliphatic rings. The summed E-state index contributed by atoms with van der Waals surface area (Å²) >= 11 is 0. The molecule has 1 saturated carbocycles. The van der Waals surface area contributed by atoms with Gasteiger partial charge in [-0.3, -0.25) is 9.20 Å². The van der Waals surface area contributed by atoms with Crippen LogP contribution in [0.2, 0.25) is 0 Å². The topological polar surface area (TPSA) is 66.6 Å². The summed E-state index contributed by atoms with van der Waals surface area (Å²) < 4.78 is 17.5. The summed E-state index contributed by atoms with van der Waals surface area (Å²) in [6.45, 7) is 5.75. The highest BCUT2D eigenvalue weighted by molar-refractivity contribution is 7.85. The molecule has 6 heteroatoms. The van der Waals surface area contributed by atoms with Crippen molar-refractivity contribution in [1.82, 2.24) is 10.6 Å². The van der Waals surface area contributed by atoms with Crippen LogP contribution in [0, 0.1) is 0 Å². The minimum atomic E-state index is -0.693. The Morgan fingerprint density at radius 2 is 2.29 bits per heavy atom. The van der Waals surface area contributed by atoms with E-state index in [1.54, 1.807) is 6.26 Å². The molecule has 0 amide bonds. The van der Waals surface area contributed by atoms with Crippen molar-refractivity contribution in [3.8, 4) is 0 Å². The number of aliphatic imine (C=N–C) groups is 1. The molecule has 1 heterocycles. The first-order valence-corrected chi connectivity index (χ1v) is 10.6. The zero-order valence-corrected chi connectivity index (χ0v) is 15.7. The van der Waals surface area contributed by atoms with Crippen molar-refractivity contribution in [3.63, 3.8) is 0 Å². The van der Waals surface area contributed by atoms with Gasteiger partial charge in [-0.2, -0.15) is 0 Å². The first-order chi connectivity index (χ1) is 11.7. The second-order valence-corrected chi connectivity index (χ2v) is 8.29. The number of hydrogen-bond acceptors (Lipinski definition) is 3. The van der Waals surface area contributed by atoms with E-state index in [0.29, 0.717) is 11.3 Å². The second-order valence-electron chi connectivity index (χ2n) is 6.29. The Hall–Kier alpha value is -1.30. The third kappa shape index (κ3) is 6.30. The summed E-state index contributed by atoms with van der Waals surface area (Å²) in [7, 11) is -0.693. The first-order valence-electron chi connectivity index (χ1n) is 9.17. The normalized spacial score (nSPS) is 23.0. The molecule has 1 aliphatic carbocycles. The van der Waals surface area contributed by atoms with Gasteiger partial charge in [0.05, 0.1) is 6.26 Å². The van der Waals surface area contributed by atoms with Crippen LogP contribution < -0.4 is 10.6 Å². The molecule has 2 rings (SSSR count). The quantitative estimate of drug-likeness (QED) is 0.557. The van der Waals surface area contributed by atoms with Crippen molar-refractivity contribution >= 4 is 16.8 Å². The predicted molar refractivity (Wildman–Crippen MR) is 101 cm³/mol. The highest BCUT2D eigenvalue weighted by Crippen LogP contribution is 2.22. The van der Waals surface area contributed by atoms with Gasteiger partial charge in [0, 0.05) is 47.4 Å². The third-order valence-electron chi connectivity index (χ3n) is 4.36. The van der Waals surface area contributed by atoms with Crippen LogP contribution in [0.15, 0.2) is 27.8 Å². The van der Waals surface area contributed by atoms with Crippen molar-refractivity contribution in [2.45, 2.75) is 63.7 Å². The molecular weight excluding hydrogens is 322 g/mol. The molecule has 0 aliphatic heterocycles. The van der Waals surface area contributed by atoms with Crippen molar-refractivity contribution in [1.29, 1.82) is 0 Å². The van der Waals surface area contributed by atoms with Crippen LogP contribution in [-0.2, 0) is 17.2 Å². The van der Waals surface area contributed by atoms with Gasteiger partial charge in [-0.15, -0.1) is 0 Å². The van der Waals surface area contributed by atoms with E-state index in [9.17, 15) is 4.21 Å². The summed E-state index contributed by atoms with van der Waals surface area (Å²) in [6, 6.07) is 4.27. The van der Waals surface area contributed by atoms with E-state index < -0.39 is 10.8 Å². The van der Waals surface area contributed by atoms with Crippen LogP contribution in [0.25, 0.3) is 0 Å². The maximum Gasteiger partial charge on any atom is 0.191 e. The highest BCUT2D eigenvalue weighted by atomic mass is 32.2. The second kappa shape index (κ2) is 10.5. The molecular formula is C18H31N3O2S. The fraction of sp³-hybridized carbons (Fsp3) is 0.722. The lowest BCUT2D eigenvalue weighted by Crippen LogP contribution is -2.47. The van der Waals surface area contributed by atoms with Crippen molar-refractivity contribution in [3.05, 3.63) is 24.2 Å². The maximum absolute atomic E-state index is 12.1. The van der Waals surface area contributed by atoms with Gasteiger partial charge >= 0.3 is 0 Å². The number of rotatable bonds is 8. The van der Waals surface area contributed by atoms with Crippen molar-refractivity contribution in [2.24, 2.45) is 4.99 Å². The van der Waals surface area contributed by atoms with Gasteiger partial charge in [-0.25, -0.2) is 0 Å². The summed E-state index contributed by atoms with van der Waals surface area (Å²) in [5.41, 5.74) is 0. The zero-order valence-electron chi connectivity index (χ0n) is 14.9. The Kier molecular flexibility index (Phi) is 8.36. The molecule has 1 aromatic heterocycles. The number of hydrogen-bond donors (Lipinski definition) is 2. The Morgan fingerprint density at radius 1 is 1.42 bits per heavy atom. The van der Waals surface area contributed by atoms with Crippen LogP contribution in [-0.4, -0.2) is 40.3 Å². The zero-order chi connectivity index (χ0) is 17.2. The first kappa shape index (κ1) is 19.0. The van der Waals surface area contributed by atoms with Gasteiger partial charge < -0.3 is 15.1 Å². The monoisotopic (exact) mass is 353 g/mol. The smallest absolute Gasteiger partial charge is 0.191 e. The van der Waals surface area contributed by atoms with E-state index in [1.165, 1.54) is 0 Å². The Labute approximate surface area is 148 Å². The number of nitrogens with zero attached hydrogens (tertiary/aromatic N) is 1. The van der Waals surface area contributed by atoms with E-state index in [2.05, 4.69) is 22.5 Å². The standard InChI is InChI=1S/C18H31N3O2S/c1-3-11-19-18(20-12-10-16-8-6-13-23-16)21-15-7-5-9-17(14-15)24(22)4-2/h6,8,13,15,17H,3-5,7,9-12,14H2,1-2H3,(H2,19,20,21). The minimum absolute atomic E-state index is 0.330. The Balaban J connectivity index is 1.84. The summed E-state index contributed by atoms with van der Waals surface area (Å²) in [5, 5.41) is 7.29. The van der Waals surface area contributed by atoms with Gasteiger partial charge in [-0.1, -0.05) is 20.3 Å². The number of guanidine groups is 1. The van der Waals surface area contributed by atoms with E-state index in [4.69, 9.17) is 4.42 Å². The third-order valence-corrected chi connectivity index (χ3v) is 6.10. The van der Waals surface area contributed by atoms with Crippen molar-refractivity contribution in [2.75, 3.05) is 18.8 Å². The van der Waals surface area contributed by atoms with Crippen LogP contribution in [0.4, 0.5) is 0 Å². The number of furan rings is 1. The van der Waals surface area contributed by atoms with Crippen LogP contribution >= 0.6 is 0 Å². The highest BCUT2D eigenvalue weighted by Gasteiger charge is 2.26. The Bertz CT molecular complexity index is 516. The average Bonchev–Trinajstić information content (AvgIpc) is 3.12. The van der Waals surface area contributed by atoms with Crippen LogP contribution in [0.5, 0.6) is 0 Å². The molecule has 0 bridgehead atoms. The molecule has 1 fully saturated rings. The minimum Gasteiger partial charge on any atom is -0.469 e. The lowest BCUT2D eigenvalue weighted by molar-refractivity contribution is 0.413. The fourth-order valence-electron chi connectivity index (χ4n) is 3.08. The van der Waals surface area contributed by atoms with Gasteiger partial charge in [0.1, 0.15) is 5.76 Å². The van der Waals surface area contributed by atoms with Crippen molar-refractivity contribution < 1.29 is 8.63 Å². The molecule has 3 atom stereocenters. The molecule has 0 aromatic carbocycles. The molecule has 24 heavy (non-hydrogen) atoms. The van der Waals surface area contributed by atoms with E-state index in [0.717, 1.165) is 69.1 Å². The molecule has 0 radical (unpaired) electrons. The average molecular weight is 354 g/mol. The molecule has 3 unspecified atom stereocenters. The molecule has 136 valence electrons. The summed E-state index contributed by atoms with van der Waals surface area (Å²) in [6.07, 6.45) is 7.91.